The molecule has 1 atom stereocenters. The van der Waals surface area contributed by atoms with Crippen LogP contribution in [0.5, 0.6) is 5.75 Å². The zero-order valence-corrected chi connectivity index (χ0v) is 10.8. The first kappa shape index (κ1) is 11.4. The summed E-state index contributed by atoms with van der Waals surface area (Å²) in [5.41, 5.74) is 2.58. The Morgan fingerprint density at radius 3 is 2.61 bits per heavy atom. The molecule has 2 heteroatoms. The van der Waals surface area contributed by atoms with Crippen LogP contribution < -0.4 is 4.74 Å². The van der Waals surface area contributed by atoms with Gasteiger partial charge in [-0.05, 0) is 17.7 Å². The molecule has 0 bridgehead atoms. The lowest BCUT2D eigenvalue weighted by Gasteiger charge is -2.21. The molecule has 0 fully saturated rings. The quantitative estimate of drug-likeness (QED) is 0.745. The fourth-order valence-corrected chi connectivity index (χ4v) is 3.22. The summed E-state index contributed by atoms with van der Waals surface area (Å²) < 4.78 is 5.69. The molecule has 0 aliphatic carbocycles. The monoisotopic (exact) mass is 254 g/mol. The van der Waals surface area contributed by atoms with E-state index in [1.165, 1.54) is 11.1 Å². The number of fused-ring (bicyclic) bond motifs is 1. The highest BCUT2D eigenvalue weighted by Gasteiger charge is 2.18. The third-order valence-corrected chi connectivity index (χ3v) is 4.20. The maximum absolute atomic E-state index is 5.69. The van der Waals surface area contributed by atoms with Gasteiger partial charge in [-0.1, -0.05) is 48.5 Å². The van der Waals surface area contributed by atoms with Gasteiger partial charge in [0.2, 0.25) is 0 Å². The van der Waals surface area contributed by atoms with Gasteiger partial charge in [0.25, 0.3) is 0 Å². The fourth-order valence-electron chi connectivity index (χ4n) is 2.11. The lowest BCUT2D eigenvalue weighted by molar-refractivity contribution is 0.474. The van der Waals surface area contributed by atoms with Gasteiger partial charge >= 0.3 is 0 Å². The maximum Gasteiger partial charge on any atom is 0.131 e. The van der Waals surface area contributed by atoms with Crippen LogP contribution in [-0.2, 0) is 0 Å². The molecule has 3 rings (SSSR count). The third-order valence-electron chi connectivity index (χ3n) is 2.95. The Balaban J connectivity index is 2.06. The van der Waals surface area contributed by atoms with Crippen molar-refractivity contribution in [2.75, 3.05) is 5.75 Å². The zero-order chi connectivity index (χ0) is 12.2. The largest absolute Gasteiger partial charge is 0.465 e. The van der Waals surface area contributed by atoms with Crippen LogP contribution in [0.25, 0.3) is 0 Å². The van der Waals surface area contributed by atoms with Crippen LogP contribution in [0, 0.1) is 0 Å². The van der Waals surface area contributed by atoms with Gasteiger partial charge in [-0.15, -0.1) is 11.8 Å². The van der Waals surface area contributed by atoms with Crippen molar-refractivity contribution >= 4 is 11.8 Å². The minimum absolute atomic E-state index is 0.340. The molecule has 0 N–H and O–H groups in total. The molecule has 2 aromatic rings. The number of rotatable bonds is 1. The van der Waals surface area contributed by atoms with Gasteiger partial charge in [-0.25, -0.2) is 0 Å². The van der Waals surface area contributed by atoms with Crippen LogP contribution in [0.3, 0.4) is 0 Å². The second-order valence-corrected chi connectivity index (χ2v) is 5.29. The minimum Gasteiger partial charge on any atom is -0.465 e. The van der Waals surface area contributed by atoms with E-state index in [0.717, 1.165) is 11.5 Å². The Kier molecular flexibility index (Phi) is 3.37. The smallest absolute Gasteiger partial charge is 0.131 e. The first-order chi connectivity index (χ1) is 8.95. The van der Waals surface area contributed by atoms with E-state index < -0.39 is 0 Å². The number of thioether (sulfide) groups is 1. The highest BCUT2D eigenvalue weighted by atomic mass is 32.2. The molecular weight excluding hydrogens is 240 g/mol. The highest BCUT2D eigenvalue weighted by Crippen LogP contribution is 2.41. The molecule has 1 nitrogen and oxygen atoms in total. The number of ether oxygens (including phenoxy) is 1. The molecule has 1 aliphatic rings. The van der Waals surface area contributed by atoms with Crippen LogP contribution in [-0.4, -0.2) is 5.75 Å². The van der Waals surface area contributed by atoms with E-state index in [-0.39, 0.29) is 0 Å². The van der Waals surface area contributed by atoms with Crippen molar-refractivity contribution in [1.29, 1.82) is 0 Å². The molecule has 0 aromatic heterocycles. The summed E-state index contributed by atoms with van der Waals surface area (Å²) >= 11 is 1.93. The van der Waals surface area contributed by atoms with E-state index in [9.17, 15) is 0 Å². The number of hydrogen-bond acceptors (Lipinski definition) is 2. The molecule has 0 amide bonds. The zero-order valence-electron chi connectivity index (χ0n) is 9.95. The van der Waals surface area contributed by atoms with Crippen molar-refractivity contribution in [1.82, 2.24) is 0 Å². The maximum atomic E-state index is 5.69. The number of benzene rings is 2. The van der Waals surface area contributed by atoms with Gasteiger partial charge in [0.15, 0.2) is 0 Å². The summed E-state index contributed by atoms with van der Waals surface area (Å²) in [4.78, 5) is 0. The van der Waals surface area contributed by atoms with E-state index in [4.69, 9.17) is 4.74 Å². The van der Waals surface area contributed by atoms with Gasteiger partial charge in [-0.3, -0.25) is 0 Å². The van der Waals surface area contributed by atoms with Crippen molar-refractivity contribution in [3.05, 3.63) is 78.1 Å². The Morgan fingerprint density at radius 1 is 0.944 bits per heavy atom. The first-order valence-corrected chi connectivity index (χ1v) is 7.07. The summed E-state index contributed by atoms with van der Waals surface area (Å²) in [6.45, 7) is 0. The standard InChI is InChI=1S/C16H14OS/c1-2-7-13(8-3-1)16-14-9-4-5-10-15(14)17-11-6-12-18-16/h1-11,16H,12H2/b11-6-. The summed E-state index contributed by atoms with van der Waals surface area (Å²) in [6.07, 6.45) is 3.85. The fraction of sp³-hybridized carbons (Fsp3) is 0.125. The summed E-state index contributed by atoms with van der Waals surface area (Å²) in [5.74, 6) is 1.92. The van der Waals surface area contributed by atoms with Crippen LogP contribution in [0.4, 0.5) is 0 Å². The van der Waals surface area contributed by atoms with E-state index >= 15 is 0 Å². The average molecular weight is 254 g/mol. The minimum atomic E-state index is 0.340. The molecule has 0 saturated carbocycles. The second kappa shape index (κ2) is 5.32. The SMILES string of the molecule is C1=C\Oc2ccccc2C(c2ccccc2)SC/1. The Labute approximate surface area is 111 Å². The van der Waals surface area contributed by atoms with Crippen molar-refractivity contribution in [3.63, 3.8) is 0 Å². The topological polar surface area (TPSA) is 9.23 Å². The third kappa shape index (κ3) is 2.29. The van der Waals surface area contributed by atoms with Gasteiger partial charge in [0, 0.05) is 11.3 Å². The Bertz CT molecular complexity index is 548. The molecule has 0 saturated heterocycles. The second-order valence-electron chi connectivity index (χ2n) is 4.15. The van der Waals surface area contributed by atoms with E-state index in [1.807, 2.05) is 23.9 Å². The van der Waals surface area contributed by atoms with E-state index in [0.29, 0.717) is 5.25 Å². The Hall–Kier alpha value is -1.67. The molecule has 2 aromatic carbocycles. The van der Waals surface area contributed by atoms with Crippen molar-refractivity contribution in [3.8, 4) is 5.75 Å². The summed E-state index contributed by atoms with van der Waals surface area (Å²) in [7, 11) is 0. The van der Waals surface area contributed by atoms with E-state index in [1.54, 1.807) is 6.26 Å². The lowest BCUT2D eigenvalue weighted by Crippen LogP contribution is -2.02. The predicted octanol–water partition coefficient (Wildman–Crippen LogP) is 4.42. The highest BCUT2D eigenvalue weighted by molar-refractivity contribution is 7.99. The Morgan fingerprint density at radius 2 is 1.72 bits per heavy atom. The first-order valence-electron chi connectivity index (χ1n) is 6.02. The van der Waals surface area contributed by atoms with Crippen LogP contribution in [0.1, 0.15) is 16.4 Å². The van der Waals surface area contributed by atoms with E-state index in [2.05, 4.69) is 48.5 Å². The molecule has 90 valence electrons. The van der Waals surface area contributed by atoms with Crippen LogP contribution in [0.2, 0.25) is 0 Å². The van der Waals surface area contributed by atoms with Gasteiger partial charge in [0.05, 0.1) is 11.5 Å². The summed E-state index contributed by atoms with van der Waals surface area (Å²) in [6, 6.07) is 18.9. The molecule has 18 heavy (non-hydrogen) atoms. The van der Waals surface area contributed by atoms with Crippen LogP contribution in [0.15, 0.2) is 66.9 Å². The molecule has 0 radical (unpaired) electrons. The molecule has 0 spiro atoms. The van der Waals surface area contributed by atoms with Crippen molar-refractivity contribution in [2.24, 2.45) is 0 Å². The van der Waals surface area contributed by atoms with Crippen molar-refractivity contribution in [2.45, 2.75) is 5.25 Å². The number of para-hydroxylation sites is 1. The molecule has 1 unspecified atom stereocenters. The summed E-state index contributed by atoms with van der Waals surface area (Å²) in [5, 5.41) is 0.340. The molecule has 1 aliphatic heterocycles. The van der Waals surface area contributed by atoms with Gasteiger partial charge in [0.1, 0.15) is 5.75 Å². The normalized spacial score (nSPS) is 20.1. The van der Waals surface area contributed by atoms with Gasteiger partial charge < -0.3 is 4.74 Å². The predicted molar refractivity (Wildman–Crippen MR) is 77.0 cm³/mol. The lowest BCUT2D eigenvalue weighted by atomic mass is 10.0. The van der Waals surface area contributed by atoms with Crippen molar-refractivity contribution < 1.29 is 4.74 Å². The van der Waals surface area contributed by atoms with Crippen LogP contribution >= 0.6 is 11.8 Å². The van der Waals surface area contributed by atoms with Gasteiger partial charge in [-0.2, -0.15) is 0 Å². The average Bonchev–Trinajstić information content (AvgIpc) is 2.41. The molecule has 1 heterocycles. The number of hydrogen-bond donors (Lipinski definition) is 0. The molecular formula is C16H14OS.